The first kappa shape index (κ1) is 14.8. The van der Waals surface area contributed by atoms with Gasteiger partial charge in [-0.1, -0.05) is 0 Å². The number of carbonyl (C=O) groups is 3. The summed E-state index contributed by atoms with van der Waals surface area (Å²) in [7, 11) is 1.35. The van der Waals surface area contributed by atoms with Crippen LogP contribution in [0.2, 0.25) is 0 Å². The summed E-state index contributed by atoms with van der Waals surface area (Å²) in [6.07, 6.45) is 0. The predicted octanol–water partition coefficient (Wildman–Crippen LogP) is -0.580. The first-order chi connectivity index (χ1) is 10.0. The second-order valence-electron chi connectivity index (χ2n) is 4.45. The number of carboxylic acids is 1. The number of piperazine rings is 1. The molecule has 1 saturated heterocycles. The van der Waals surface area contributed by atoms with Crippen LogP contribution in [0.3, 0.4) is 0 Å². The van der Waals surface area contributed by atoms with Gasteiger partial charge in [0.05, 0.1) is 13.7 Å². The Hall–Kier alpha value is -2.61. The average Bonchev–Trinajstić information content (AvgIpc) is 2.47. The van der Waals surface area contributed by atoms with Gasteiger partial charge >= 0.3 is 5.97 Å². The van der Waals surface area contributed by atoms with E-state index in [1.54, 1.807) is 0 Å². The van der Waals surface area contributed by atoms with Crippen molar-refractivity contribution in [2.24, 2.45) is 0 Å². The summed E-state index contributed by atoms with van der Waals surface area (Å²) < 4.78 is 4.98. The van der Waals surface area contributed by atoms with Crippen LogP contribution in [-0.4, -0.2) is 49.1 Å². The highest BCUT2D eigenvalue weighted by molar-refractivity contribution is 5.98. The van der Waals surface area contributed by atoms with Gasteiger partial charge in [0.25, 0.3) is 0 Å². The number of anilines is 1. The monoisotopic (exact) mass is 293 g/mol. The Labute approximate surface area is 120 Å². The lowest BCUT2D eigenvalue weighted by atomic mass is 10.1. The van der Waals surface area contributed by atoms with Crippen LogP contribution >= 0.6 is 0 Å². The molecule has 0 spiro atoms. The van der Waals surface area contributed by atoms with E-state index >= 15 is 0 Å². The van der Waals surface area contributed by atoms with Crippen LogP contribution in [0, 0.1) is 0 Å². The maximum absolute atomic E-state index is 12.0. The van der Waals surface area contributed by atoms with E-state index in [-0.39, 0.29) is 36.2 Å². The Bertz CT molecular complexity index is 577. The largest absolute Gasteiger partial charge is 0.496 e. The van der Waals surface area contributed by atoms with Crippen LogP contribution in [-0.2, 0) is 9.59 Å². The van der Waals surface area contributed by atoms with Gasteiger partial charge in [0.1, 0.15) is 17.4 Å². The molecule has 1 aromatic rings. The Morgan fingerprint density at radius 3 is 2.76 bits per heavy atom. The summed E-state index contributed by atoms with van der Waals surface area (Å²) in [5.74, 6) is -1.43. The van der Waals surface area contributed by atoms with E-state index in [9.17, 15) is 14.4 Å². The van der Waals surface area contributed by atoms with Crippen molar-refractivity contribution in [1.29, 1.82) is 0 Å². The van der Waals surface area contributed by atoms with Gasteiger partial charge in [-0.3, -0.25) is 14.9 Å². The third-order valence-electron chi connectivity index (χ3n) is 3.03. The molecule has 0 aliphatic carbocycles. The lowest BCUT2D eigenvalue weighted by Gasteiger charge is -2.23. The first-order valence-corrected chi connectivity index (χ1v) is 6.23. The van der Waals surface area contributed by atoms with Gasteiger partial charge in [-0.25, -0.2) is 4.79 Å². The van der Waals surface area contributed by atoms with Crippen molar-refractivity contribution in [3.05, 3.63) is 23.8 Å². The molecule has 0 saturated carbocycles. The molecule has 2 rings (SSSR count). The van der Waals surface area contributed by atoms with Crippen molar-refractivity contribution in [1.82, 2.24) is 10.6 Å². The van der Waals surface area contributed by atoms with Gasteiger partial charge in [-0.2, -0.15) is 0 Å². The topological polar surface area (TPSA) is 117 Å². The van der Waals surface area contributed by atoms with Gasteiger partial charge in [-0.05, 0) is 12.1 Å². The van der Waals surface area contributed by atoms with Crippen LogP contribution in [0.1, 0.15) is 10.4 Å². The molecule has 1 fully saturated rings. The quantitative estimate of drug-likeness (QED) is 0.590. The Morgan fingerprint density at radius 2 is 2.19 bits per heavy atom. The SMILES string of the molecule is COc1cc(NC(=O)C2CNC(=O)CN2)ccc1C(=O)O. The molecule has 1 aliphatic heterocycles. The van der Waals surface area contributed by atoms with Crippen LogP contribution in [0.4, 0.5) is 5.69 Å². The highest BCUT2D eigenvalue weighted by Gasteiger charge is 2.24. The molecule has 1 unspecified atom stereocenters. The van der Waals surface area contributed by atoms with E-state index in [0.29, 0.717) is 5.69 Å². The fourth-order valence-corrected chi connectivity index (χ4v) is 1.93. The summed E-state index contributed by atoms with van der Waals surface area (Å²) in [5, 5.41) is 17.0. The molecule has 1 heterocycles. The van der Waals surface area contributed by atoms with Crippen LogP contribution in [0.25, 0.3) is 0 Å². The third kappa shape index (κ3) is 3.48. The van der Waals surface area contributed by atoms with Crippen LogP contribution in [0.15, 0.2) is 18.2 Å². The van der Waals surface area contributed by atoms with Crippen molar-refractivity contribution >= 4 is 23.5 Å². The summed E-state index contributed by atoms with van der Waals surface area (Å²) in [5.41, 5.74) is 0.430. The Morgan fingerprint density at radius 1 is 1.43 bits per heavy atom. The number of benzene rings is 1. The molecule has 0 bridgehead atoms. The van der Waals surface area contributed by atoms with E-state index < -0.39 is 12.0 Å². The van der Waals surface area contributed by atoms with E-state index in [4.69, 9.17) is 9.84 Å². The number of carboxylic acid groups (broad SMARTS) is 1. The van der Waals surface area contributed by atoms with Crippen molar-refractivity contribution in [3.63, 3.8) is 0 Å². The molecular weight excluding hydrogens is 278 g/mol. The zero-order valence-electron chi connectivity index (χ0n) is 11.3. The fourth-order valence-electron chi connectivity index (χ4n) is 1.93. The minimum absolute atomic E-state index is 0.0125. The first-order valence-electron chi connectivity index (χ1n) is 6.23. The molecule has 1 atom stereocenters. The smallest absolute Gasteiger partial charge is 0.339 e. The van der Waals surface area contributed by atoms with Crippen molar-refractivity contribution in [3.8, 4) is 5.75 Å². The molecule has 8 heteroatoms. The van der Waals surface area contributed by atoms with Gasteiger partial charge in [0.15, 0.2) is 0 Å². The minimum atomic E-state index is -1.11. The van der Waals surface area contributed by atoms with Gasteiger partial charge in [0, 0.05) is 18.3 Å². The number of carbonyl (C=O) groups excluding carboxylic acids is 2. The molecule has 0 radical (unpaired) electrons. The highest BCUT2D eigenvalue weighted by Crippen LogP contribution is 2.23. The highest BCUT2D eigenvalue weighted by atomic mass is 16.5. The molecule has 21 heavy (non-hydrogen) atoms. The zero-order chi connectivity index (χ0) is 15.4. The number of hydrogen-bond donors (Lipinski definition) is 4. The van der Waals surface area contributed by atoms with Gasteiger partial charge in [0.2, 0.25) is 11.8 Å². The Balaban J connectivity index is 2.07. The summed E-state index contributed by atoms with van der Waals surface area (Å²) in [6.45, 7) is 0.286. The molecule has 1 aromatic carbocycles. The minimum Gasteiger partial charge on any atom is -0.496 e. The number of rotatable bonds is 4. The molecular formula is C13H15N3O5. The average molecular weight is 293 g/mol. The molecule has 0 aromatic heterocycles. The summed E-state index contributed by atoms with van der Waals surface area (Å²) in [6, 6.07) is 3.73. The Kier molecular flexibility index (Phi) is 4.39. The van der Waals surface area contributed by atoms with Crippen molar-refractivity contribution in [2.75, 3.05) is 25.5 Å². The molecule has 112 valence electrons. The fraction of sp³-hybridized carbons (Fsp3) is 0.308. The second kappa shape index (κ2) is 6.23. The molecule has 4 N–H and O–H groups in total. The molecule has 2 amide bonds. The lowest BCUT2D eigenvalue weighted by molar-refractivity contribution is -0.124. The normalized spacial score (nSPS) is 17.8. The summed E-state index contributed by atoms with van der Waals surface area (Å²) in [4.78, 5) is 34.0. The number of methoxy groups -OCH3 is 1. The van der Waals surface area contributed by atoms with E-state index in [0.717, 1.165) is 0 Å². The van der Waals surface area contributed by atoms with Gasteiger partial charge < -0.3 is 20.5 Å². The molecule has 1 aliphatic rings. The van der Waals surface area contributed by atoms with Crippen molar-refractivity contribution in [2.45, 2.75) is 6.04 Å². The maximum atomic E-state index is 12.0. The molecule has 8 nitrogen and oxygen atoms in total. The standard InChI is InChI=1S/C13H15N3O5/c1-21-10-4-7(2-3-8(10)13(19)20)16-12(18)9-5-15-11(17)6-14-9/h2-4,9,14H,5-6H2,1H3,(H,15,17)(H,16,18)(H,19,20). The van der Waals surface area contributed by atoms with Crippen LogP contribution < -0.4 is 20.7 Å². The van der Waals surface area contributed by atoms with Crippen LogP contribution in [0.5, 0.6) is 5.75 Å². The number of ether oxygens (including phenoxy) is 1. The van der Waals surface area contributed by atoms with E-state index in [1.165, 1.54) is 25.3 Å². The van der Waals surface area contributed by atoms with E-state index in [2.05, 4.69) is 16.0 Å². The van der Waals surface area contributed by atoms with Gasteiger partial charge in [-0.15, -0.1) is 0 Å². The maximum Gasteiger partial charge on any atom is 0.339 e. The van der Waals surface area contributed by atoms with E-state index in [1.807, 2.05) is 0 Å². The number of amides is 2. The second-order valence-corrected chi connectivity index (χ2v) is 4.45. The van der Waals surface area contributed by atoms with Crippen molar-refractivity contribution < 1.29 is 24.2 Å². The lowest BCUT2D eigenvalue weighted by Crippen LogP contribution is -2.56. The number of aromatic carboxylic acids is 1. The zero-order valence-corrected chi connectivity index (χ0v) is 11.3. The predicted molar refractivity (Wildman–Crippen MR) is 73.4 cm³/mol. The number of nitrogens with one attached hydrogen (secondary N) is 3. The number of hydrogen-bond acceptors (Lipinski definition) is 5. The third-order valence-corrected chi connectivity index (χ3v) is 3.03. The summed E-state index contributed by atoms with van der Waals surface area (Å²) >= 11 is 0.